The van der Waals surface area contributed by atoms with E-state index in [-0.39, 0.29) is 18.3 Å². The molecule has 0 bridgehead atoms. The Morgan fingerprint density at radius 1 is 1.10 bits per heavy atom. The van der Waals surface area contributed by atoms with Crippen LogP contribution in [0.1, 0.15) is 11.1 Å². The molecule has 1 unspecified atom stereocenters. The van der Waals surface area contributed by atoms with Gasteiger partial charge in [-0.2, -0.15) is 0 Å². The van der Waals surface area contributed by atoms with E-state index in [1.54, 1.807) is 12.4 Å². The minimum atomic E-state index is -0.524. The number of nitrogens with two attached hydrogens (primary N) is 1. The Bertz CT molecular complexity index is 519. The Labute approximate surface area is 124 Å². The van der Waals surface area contributed by atoms with Crippen molar-refractivity contribution < 1.29 is 4.79 Å². The van der Waals surface area contributed by atoms with Crippen molar-refractivity contribution in [3.8, 4) is 0 Å². The minimum absolute atomic E-state index is 0. The summed E-state index contributed by atoms with van der Waals surface area (Å²) < 4.78 is 0. The summed E-state index contributed by atoms with van der Waals surface area (Å²) >= 11 is 0. The quantitative estimate of drug-likeness (QED) is 0.881. The fourth-order valence-electron chi connectivity index (χ4n) is 1.78. The molecule has 0 saturated carbocycles. The van der Waals surface area contributed by atoms with Crippen molar-refractivity contribution in [1.82, 2.24) is 10.3 Å². The molecule has 0 fully saturated rings. The number of carbonyl (C=O) groups is 1. The third kappa shape index (κ3) is 4.99. The third-order valence-electron chi connectivity index (χ3n) is 2.85. The molecule has 0 radical (unpaired) electrons. The molecule has 1 aromatic carbocycles. The van der Waals surface area contributed by atoms with E-state index in [1.807, 2.05) is 42.5 Å². The molecule has 1 heterocycles. The third-order valence-corrected chi connectivity index (χ3v) is 2.85. The maximum Gasteiger partial charge on any atom is 0.237 e. The summed E-state index contributed by atoms with van der Waals surface area (Å²) in [5.74, 6) is -0.138. The van der Waals surface area contributed by atoms with Crippen molar-refractivity contribution in [3.63, 3.8) is 0 Å². The second kappa shape index (κ2) is 8.30. The average Bonchev–Trinajstić information content (AvgIpc) is 2.47. The van der Waals surface area contributed by atoms with Gasteiger partial charge in [0, 0.05) is 18.9 Å². The van der Waals surface area contributed by atoms with E-state index in [1.165, 1.54) is 0 Å². The second-order valence-corrected chi connectivity index (χ2v) is 4.37. The lowest BCUT2D eigenvalue weighted by Crippen LogP contribution is -2.41. The van der Waals surface area contributed by atoms with Crippen LogP contribution < -0.4 is 11.1 Å². The molecule has 5 heteroatoms. The first-order valence-electron chi connectivity index (χ1n) is 6.22. The van der Waals surface area contributed by atoms with Gasteiger partial charge in [0.05, 0.1) is 6.04 Å². The van der Waals surface area contributed by atoms with Gasteiger partial charge in [0.25, 0.3) is 0 Å². The van der Waals surface area contributed by atoms with Crippen LogP contribution in [-0.4, -0.2) is 16.9 Å². The van der Waals surface area contributed by atoms with E-state index >= 15 is 0 Å². The molecule has 2 aromatic rings. The zero-order valence-electron chi connectivity index (χ0n) is 11.0. The van der Waals surface area contributed by atoms with Gasteiger partial charge in [-0.25, -0.2) is 0 Å². The summed E-state index contributed by atoms with van der Waals surface area (Å²) in [7, 11) is 0. The van der Waals surface area contributed by atoms with Gasteiger partial charge in [-0.1, -0.05) is 30.3 Å². The number of hydrogen-bond acceptors (Lipinski definition) is 3. The molecule has 1 atom stereocenters. The molecule has 0 saturated heterocycles. The lowest BCUT2D eigenvalue weighted by molar-refractivity contribution is -0.122. The van der Waals surface area contributed by atoms with Crippen LogP contribution in [0.25, 0.3) is 0 Å². The predicted octanol–water partition coefficient (Wildman–Crippen LogP) is 1.69. The van der Waals surface area contributed by atoms with Gasteiger partial charge in [-0.15, -0.1) is 12.4 Å². The van der Waals surface area contributed by atoms with E-state index in [0.29, 0.717) is 13.0 Å². The molecular formula is C15H18ClN3O. The number of hydrogen-bond donors (Lipinski definition) is 2. The number of nitrogens with zero attached hydrogens (tertiary/aromatic N) is 1. The molecule has 0 aliphatic carbocycles. The Balaban J connectivity index is 0.00000200. The number of halogens is 1. The number of rotatable bonds is 5. The highest BCUT2D eigenvalue weighted by Crippen LogP contribution is 2.02. The van der Waals surface area contributed by atoms with Gasteiger partial charge in [0.15, 0.2) is 0 Å². The highest BCUT2D eigenvalue weighted by molar-refractivity contribution is 5.85. The molecule has 20 heavy (non-hydrogen) atoms. The summed E-state index contributed by atoms with van der Waals surface area (Å²) in [6, 6.07) is 13.0. The first-order chi connectivity index (χ1) is 9.25. The Morgan fingerprint density at radius 2 is 1.75 bits per heavy atom. The van der Waals surface area contributed by atoms with Crippen molar-refractivity contribution in [2.24, 2.45) is 5.73 Å². The number of benzene rings is 1. The summed E-state index contributed by atoms with van der Waals surface area (Å²) in [6.07, 6.45) is 3.94. The van der Waals surface area contributed by atoms with Gasteiger partial charge in [-0.05, 0) is 29.7 Å². The van der Waals surface area contributed by atoms with Crippen LogP contribution in [0, 0.1) is 0 Å². The predicted molar refractivity (Wildman–Crippen MR) is 81.5 cm³/mol. The number of aromatic nitrogens is 1. The molecule has 4 nitrogen and oxygen atoms in total. The molecule has 1 amide bonds. The van der Waals surface area contributed by atoms with Crippen LogP contribution >= 0.6 is 12.4 Å². The van der Waals surface area contributed by atoms with Crippen LogP contribution in [-0.2, 0) is 17.8 Å². The van der Waals surface area contributed by atoms with Gasteiger partial charge in [-0.3, -0.25) is 9.78 Å². The molecule has 106 valence electrons. The van der Waals surface area contributed by atoms with Crippen molar-refractivity contribution in [2.75, 3.05) is 0 Å². The number of nitrogens with one attached hydrogen (secondary N) is 1. The van der Waals surface area contributed by atoms with Crippen LogP contribution in [0.15, 0.2) is 54.9 Å². The molecule has 2 rings (SSSR count). The van der Waals surface area contributed by atoms with Gasteiger partial charge in [0.1, 0.15) is 0 Å². The van der Waals surface area contributed by atoms with Crippen molar-refractivity contribution in [1.29, 1.82) is 0 Å². The van der Waals surface area contributed by atoms with E-state index in [0.717, 1.165) is 11.1 Å². The molecular weight excluding hydrogens is 274 g/mol. The lowest BCUT2D eigenvalue weighted by atomic mass is 10.1. The summed E-state index contributed by atoms with van der Waals surface area (Å²) in [5.41, 5.74) is 7.96. The zero-order chi connectivity index (χ0) is 13.5. The standard InChI is InChI=1S/C15H17N3O.ClH/c16-14(10-12-4-2-1-3-5-12)15(19)18-11-13-6-8-17-9-7-13;/h1-9,14H,10-11,16H2,(H,18,19);1H. The maximum atomic E-state index is 11.9. The van der Waals surface area contributed by atoms with Gasteiger partial charge in [0.2, 0.25) is 5.91 Å². The van der Waals surface area contributed by atoms with Crippen molar-refractivity contribution in [2.45, 2.75) is 19.0 Å². The first kappa shape index (κ1) is 16.1. The molecule has 1 aromatic heterocycles. The first-order valence-corrected chi connectivity index (χ1v) is 6.22. The molecule has 0 aliphatic rings. The Morgan fingerprint density at radius 3 is 2.40 bits per heavy atom. The van der Waals surface area contributed by atoms with Gasteiger partial charge < -0.3 is 11.1 Å². The van der Waals surface area contributed by atoms with Crippen molar-refractivity contribution >= 4 is 18.3 Å². The number of carbonyl (C=O) groups excluding carboxylic acids is 1. The second-order valence-electron chi connectivity index (χ2n) is 4.37. The summed E-state index contributed by atoms with van der Waals surface area (Å²) in [4.78, 5) is 15.8. The van der Waals surface area contributed by atoms with E-state index in [2.05, 4.69) is 10.3 Å². The zero-order valence-corrected chi connectivity index (χ0v) is 11.8. The number of pyridine rings is 1. The fourth-order valence-corrected chi connectivity index (χ4v) is 1.78. The Kier molecular flexibility index (Phi) is 6.70. The molecule has 0 spiro atoms. The fraction of sp³-hybridized carbons (Fsp3) is 0.200. The topological polar surface area (TPSA) is 68.0 Å². The van der Waals surface area contributed by atoms with E-state index in [4.69, 9.17) is 5.73 Å². The van der Waals surface area contributed by atoms with Gasteiger partial charge >= 0.3 is 0 Å². The summed E-state index contributed by atoms with van der Waals surface area (Å²) in [5, 5.41) is 2.83. The Hall–Kier alpha value is -1.91. The minimum Gasteiger partial charge on any atom is -0.351 e. The summed E-state index contributed by atoms with van der Waals surface area (Å²) in [6.45, 7) is 0.476. The maximum absolute atomic E-state index is 11.9. The average molecular weight is 292 g/mol. The monoisotopic (exact) mass is 291 g/mol. The van der Waals surface area contributed by atoms with E-state index in [9.17, 15) is 4.79 Å². The largest absolute Gasteiger partial charge is 0.351 e. The van der Waals surface area contributed by atoms with Crippen molar-refractivity contribution in [3.05, 3.63) is 66.0 Å². The SMILES string of the molecule is Cl.NC(Cc1ccccc1)C(=O)NCc1ccncc1. The van der Waals surface area contributed by atoms with Crippen LogP contribution in [0.5, 0.6) is 0 Å². The van der Waals surface area contributed by atoms with E-state index < -0.39 is 6.04 Å². The molecule has 0 aliphatic heterocycles. The highest BCUT2D eigenvalue weighted by Gasteiger charge is 2.13. The molecule has 3 N–H and O–H groups in total. The smallest absolute Gasteiger partial charge is 0.237 e. The normalized spacial score (nSPS) is 11.2. The van der Waals surface area contributed by atoms with Crippen LogP contribution in [0.2, 0.25) is 0 Å². The highest BCUT2D eigenvalue weighted by atomic mass is 35.5. The lowest BCUT2D eigenvalue weighted by Gasteiger charge is -2.12. The van der Waals surface area contributed by atoms with Crippen LogP contribution in [0.4, 0.5) is 0 Å². The van der Waals surface area contributed by atoms with Crippen LogP contribution in [0.3, 0.4) is 0 Å². The number of amides is 1.